The number of amides is 1. The molecule has 0 spiro atoms. The lowest BCUT2D eigenvalue weighted by Gasteiger charge is -2.15. The third kappa shape index (κ3) is 5.95. The second-order valence-corrected chi connectivity index (χ2v) is 5.63. The van der Waals surface area contributed by atoms with Crippen LogP contribution in [0.4, 0.5) is 5.69 Å². The standard InChI is InChI=1S/C20H23NO4/c1-3-4-13-24-20(23)16-9-8-10-17(14-16)21-19(22)15(2)25-18-11-6-5-7-12-18/h5-12,14-15H,3-4,13H2,1-2H3,(H,21,22). The van der Waals surface area contributed by atoms with E-state index in [0.29, 0.717) is 23.6 Å². The summed E-state index contributed by atoms with van der Waals surface area (Å²) in [5.41, 5.74) is 0.934. The molecule has 1 atom stereocenters. The highest BCUT2D eigenvalue weighted by Gasteiger charge is 2.15. The van der Waals surface area contributed by atoms with Gasteiger partial charge in [0.25, 0.3) is 5.91 Å². The second-order valence-electron chi connectivity index (χ2n) is 5.63. The summed E-state index contributed by atoms with van der Waals surface area (Å²) in [7, 11) is 0. The lowest BCUT2D eigenvalue weighted by atomic mass is 10.2. The maximum Gasteiger partial charge on any atom is 0.338 e. The Hall–Kier alpha value is -2.82. The summed E-state index contributed by atoms with van der Waals surface area (Å²) >= 11 is 0. The highest BCUT2D eigenvalue weighted by atomic mass is 16.5. The molecule has 0 aliphatic carbocycles. The van der Waals surface area contributed by atoms with Gasteiger partial charge in [0.05, 0.1) is 12.2 Å². The van der Waals surface area contributed by atoms with Crippen LogP contribution in [0.5, 0.6) is 5.75 Å². The molecule has 2 rings (SSSR count). The first-order chi connectivity index (χ1) is 12.1. The first-order valence-corrected chi connectivity index (χ1v) is 8.40. The molecule has 5 heteroatoms. The fourth-order valence-corrected chi connectivity index (χ4v) is 2.12. The van der Waals surface area contributed by atoms with Crippen molar-refractivity contribution >= 4 is 17.6 Å². The first-order valence-electron chi connectivity index (χ1n) is 8.40. The zero-order chi connectivity index (χ0) is 18.1. The van der Waals surface area contributed by atoms with Gasteiger partial charge >= 0.3 is 5.97 Å². The van der Waals surface area contributed by atoms with Crippen molar-refractivity contribution in [2.45, 2.75) is 32.8 Å². The lowest BCUT2D eigenvalue weighted by molar-refractivity contribution is -0.122. The number of carbonyl (C=O) groups is 2. The van der Waals surface area contributed by atoms with Gasteiger partial charge in [-0.05, 0) is 43.7 Å². The van der Waals surface area contributed by atoms with Gasteiger partial charge in [-0.2, -0.15) is 0 Å². The van der Waals surface area contributed by atoms with Crippen molar-refractivity contribution in [3.8, 4) is 5.75 Å². The van der Waals surface area contributed by atoms with E-state index in [1.165, 1.54) is 0 Å². The molecular formula is C20H23NO4. The van der Waals surface area contributed by atoms with Gasteiger partial charge < -0.3 is 14.8 Å². The summed E-state index contributed by atoms with van der Waals surface area (Å²) < 4.78 is 10.8. The van der Waals surface area contributed by atoms with Crippen LogP contribution in [0.3, 0.4) is 0 Å². The van der Waals surface area contributed by atoms with Gasteiger partial charge in [0.2, 0.25) is 0 Å². The Morgan fingerprint density at radius 1 is 1.08 bits per heavy atom. The maximum atomic E-state index is 12.3. The zero-order valence-corrected chi connectivity index (χ0v) is 14.5. The third-order valence-corrected chi connectivity index (χ3v) is 3.52. The molecule has 1 amide bonds. The number of rotatable bonds is 8. The third-order valence-electron chi connectivity index (χ3n) is 3.52. The zero-order valence-electron chi connectivity index (χ0n) is 14.5. The minimum absolute atomic E-state index is 0.291. The van der Waals surface area contributed by atoms with Crippen molar-refractivity contribution in [2.75, 3.05) is 11.9 Å². The van der Waals surface area contributed by atoms with Crippen molar-refractivity contribution in [3.63, 3.8) is 0 Å². The fourth-order valence-electron chi connectivity index (χ4n) is 2.12. The van der Waals surface area contributed by atoms with E-state index in [-0.39, 0.29) is 5.91 Å². The number of esters is 1. The molecule has 1 unspecified atom stereocenters. The van der Waals surface area contributed by atoms with Crippen LogP contribution in [0.1, 0.15) is 37.0 Å². The van der Waals surface area contributed by atoms with Crippen LogP contribution in [0.2, 0.25) is 0 Å². The molecule has 0 saturated carbocycles. The van der Waals surface area contributed by atoms with E-state index in [0.717, 1.165) is 12.8 Å². The second kappa shape index (κ2) is 9.47. The normalized spacial score (nSPS) is 11.4. The van der Waals surface area contributed by atoms with Crippen LogP contribution in [0.15, 0.2) is 54.6 Å². The summed E-state index contributed by atoms with van der Waals surface area (Å²) in [5.74, 6) is -0.0584. The Labute approximate surface area is 148 Å². The number of hydrogen-bond donors (Lipinski definition) is 1. The molecule has 0 heterocycles. The molecule has 0 saturated heterocycles. The Morgan fingerprint density at radius 3 is 2.56 bits per heavy atom. The summed E-state index contributed by atoms with van der Waals surface area (Å²) in [6.45, 7) is 4.10. The lowest BCUT2D eigenvalue weighted by Crippen LogP contribution is -2.30. The number of anilines is 1. The van der Waals surface area contributed by atoms with Crippen molar-refractivity contribution in [3.05, 3.63) is 60.2 Å². The smallest absolute Gasteiger partial charge is 0.338 e. The van der Waals surface area contributed by atoms with E-state index in [2.05, 4.69) is 5.32 Å². The Balaban J connectivity index is 1.94. The average Bonchev–Trinajstić information content (AvgIpc) is 2.63. The highest BCUT2D eigenvalue weighted by Crippen LogP contribution is 2.15. The van der Waals surface area contributed by atoms with Gasteiger partial charge in [0.1, 0.15) is 5.75 Å². The van der Waals surface area contributed by atoms with Gasteiger partial charge in [-0.1, -0.05) is 37.6 Å². The monoisotopic (exact) mass is 341 g/mol. The number of benzene rings is 2. The Kier molecular flexibility index (Phi) is 7.01. The molecule has 0 aliphatic heterocycles. The predicted octanol–water partition coefficient (Wildman–Crippen LogP) is 4.05. The Morgan fingerprint density at radius 2 is 1.84 bits per heavy atom. The molecule has 0 bridgehead atoms. The number of nitrogens with one attached hydrogen (secondary N) is 1. The van der Waals surface area contributed by atoms with Crippen LogP contribution in [-0.2, 0) is 9.53 Å². The predicted molar refractivity (Wildman–Crippen MR) is 96.8 cm³/mol. The molecule has 0 aromatic heterocycles. The molecule has 132 valence electrons. The summed E-state index contributed by atoms with van der Waals surface area (Å²) in [4.78, 5) is 24.2. The SMILES string of the molecule is CCCCOC(=O)c1cccc(NC(=O)C(C)Oc2ccccc2)c1. The van der Waals surface area contributed by atoms with Crippen LogP contribution < -0.4 is 10.1 Å². The topological polar surface area (TPSA) is 64.6 Å². The minimum atomic E-state index is -0.664. The minimum Gasteiger partial charge on any atom is -0.481 e. The van der Waals surface area contributed by atoms with Crippen molar-refractivity contribution in [2.24, 2.45) is 0 Å². The molecular weight excluding hydrogens is 318 g/mol. The molecule has 25 heavy (non-hydrogen) atoms. The summed E-state index contributed by atoms with van der Waals surface area (Å²) in [6, 6.07) is 15.8. The van der Waals surface area contributed by atoms with Gasteiger partial charge in [0.15, 0.2) is 6.10 Å². The quantitative estimate of drug-likeness (QED) is 0.581. The van der Waals surface area contributed by atoms with Gasteiger partial charge in [-0.3, -0.25) is 4.79 Å². The fraction of sp³-hybridized carbons (Fsp3) is 0.300. The van der Waals surface area contributed by atoms with Crippen LogP contribution in [0, 0.1) is 0 Å². The molecule has 0 aliphatic rings. The van der Waals surface area contributed by atoms with E-state index in [9.17, 15) is 9.59 Å². The number of unbranched alkanes of at least 4 members (excludes halogenated alkanes) is 1. The number of ether oxygens (including phenoxy) is 2. The molecule has 1 N–H and O–H groups in total. The molecule has 0 radical (unpaired) electrons. The molecule has 5 nitrogen and oxygen atoms in total. The highest BCUT2D eigenvalue weighted by molar-refractivity contribution is 5.96. The molecule has 2 aromatic carbocycles. The average molecular weight is 341 g/mol. The van der Waals surface area contributed by atoms with E-state index in [1.54, 1.807) is 43.3 Å². The van der Waals surface area contributed by atoms with Crippen molar-refractivity contribution in [1.29, 1.82) is 0 Å². The van der Waals surface area contributed by atoms with Crippen LogP contribution >= 0.6 is 0 Å². The summed E-state index contributed by atoms with van der Waals surface area (Å²) in [5, 5.41) is 2.75. The van der Waals surface area contributed by atoms with Crippen molar-refractivity contribution in [1.82, 2.24) is 0 Å². The van der Waals surface area contributed by atoms with E-state index >= 15 is 0 Å². The number of para-hydroxylation sites is 1. The first kappa shape index (κ1) is 18.5. The maximum absolute atomic E-state index is 12.3. The summed E-state index contributed by atoms with van der Waals surface area (Å²) in [6.07, 6.45) is 1.13. The Bertz CT molecular complexity index is 700. The largest absolute Gasteiger partial charge is 0.481 e. The van der Waals surface area contributed by atoms with Crippen molar-refractivity contribution < 1.29 is 19.1 Å². The van der Waals surface area contributed by atoms with Gasteiger partial charge in [0, 0.05) is 5.69 Å². The van der Waals surface area contributed by atoms with Crippen LogP contribution in [0.25, 0.3) is 0 Å². The molecule has 0 fully saturated rings. The molecule has 2 aromatic rings. The van der Waals surface area contributed by atoms with Gasteiger partial charge in [-0.25, -0.2) is 4.79 Å². The van der Waals surface area contributed by atoms with Crippen LogP contribution in [-0.4, -0.2) is 24.6 Å². The van der Waals surface area contributed by atoms with E-state index < -0.39 is 12.1 Å². The number of hydrogen-bond acceptors (Lipinski definition) is 4. The van der Waals surface area contributed by atoms with E-state index in [1.807, 2.05) is 25.1 Å². The van der Waals surface area contributed by atoms with Gasteiger partial charge in [-0.15, -0.1) is 0 Å². The van der Waals surface area contributed by atoms with E-state index in [4.69, 9.17) is 9.47 Å². The number of carbonyl (C=O) groups excluding carboxylic acids is 2.